The van der Waals surface area contributed by atoms with Gasteiger partial charge in [-0.3, -0.25) is 4.72 Å². The molecule has 0 unspecified atom stereocenters. The summed E-state index contributed by atoms with van der Waals surface area (Å²) in [5, 5.41) is 13.1. The molecule has 0 amide bonds. The molecule has 0 radical (unpaired) electrons. The third kappa shape index (κ3) is 6.15. The van der Waals surface area contributed by atoms with Crippen molar-refractivity contribution in [2.45, 2.75) is 18.2 Å². The number of anilines is 2. The Morgan fingerprint density at radius 1 is 1.03 bits per heavy atom. The van der Waals surface area contributed by atoms with Crippen LogP contribution in [0.2, 0.25) is 5.02 Å². The van der Waals surface area contributed by atoms with Crippen LogP contribution in [0.5, 0.6) is 5.75 Å². The molecule has 9 heteroatoms. The maximum Gasteiger partial charge on any atom is 0.335 e. The standard InChI is InChI=1S/C23H23ClN2O5S/c1-2-31-20-10-8-19(9-11-20)26-32(29,30)22-15-17(23(27)28)5-12-21(22)25-14-13-16-3-6-18(24)7-4-16/h3-12,15,25-26H,2,13-14H2,1H3,(H,27,28). The van der Waals surface area contributed by atoms with Crippen molar-refractivity contribution in [3.05, 3.63) is 82.9 Å². The van der Waals surface area contributed by atoms with E-state index in [1.165, 1.54) is 12.1 Å². The Morgan fingerprint density at radius 2 is 1.72 bits per heavy atom. The molecule has 7 nitrogen and oxygen atoms in total. The van der Waals surface area contributed by atoms with Gasteiger partial charge in [0.1, 0.15) is 10.6 Å². The molecule has 168 valence electrons. The van der Waals surface area contributed by atoms with E-state index in [4.69, 9.17) is 16.3 Å². The van der Waals surface area contributed by atoms with E-state index in [1.54, 1.807) is 36.4 Å². The largest absolute Gasteiger partial charge is 0.494 e. The number of ether oxygens (including phenoxy) is 1. The molecule has 0 saturated carbocycles. The number of halogens is 1. The van der Waals surface area contributed by atoms with Crippen LogP contribution in [0.25, 0.3) is 0 Å². The fourth-order valence-corrected chi connectivity index (χ4v) is 4.41. The molecule has 0 saturated heterocycles. The molecule has 32 heavy (non-hydrogen) atoms. The van der Waals surface area contributed by atoms with Crippen molar-refractivity contribution >= 4 is 39.0 Å². The van der Waals surface area contributed by atoms with E-state index in [0.29, 0.717) is 41.7 Å². The number of aromatic carboxylic acids is 1. The van der Waals surface area contributed by atoms with Crippen LogP contribution < -0.4 is 14.8 Å². The summed E-state index contributed by atoms with van der Waals surface area (Å²) in [6.07, 6.45) is 0.629. The predicted molar refractivity (Wildman–Crippen MR) is 125 cm³/mol. The van der Waals surface area contributed by atoms with E-state index in [2.05, 4.69) is 10.0 Å². The molecule has 3 N–H and O–H groups in total. The molecule has 3 rings (SSSR count). The Kier molecular flexibility index (Phi) is 7.61. The second-order valence-electron chi connectivity index (χ2n) is 6.88. The molecule has 0 bridgehead atoms. The van der Waals surface area contributed by atoms with Crippen molar-refractivity contribution in [3.63, 3.8) is 0 Å². The van der Waals surface area contributed by atoms with Gasteiger partial charge < -0.3 is 15.2 Å². The Bertz CT molecular complexity index is 1180. The molecule has 3 aromatic carbocycles. The highest BCUT2D eigenvalue weighted by atomic mass is 35.5. The zero-order chi connectivity index (χ0) is 23.1. The highest BCUT2D eigenvalue weighted by molar-refractivity contribution is 7.92. The lowest BCUT2D eigenvalue weighted by Crippen LogP contribution is -2.17. The SMILES string of the molecule is CCOc1ccc(NS(=O)(=O)c2cc(C(=O)O)ccc2NCCc2ccc(Cl)cc2)cc1. The maximum atomic E-state index is 13.1. The Labute approximate surface area is 192 Å². The van der Waals surface area contributed by atoms with Crippen molar-refractivity contribution in [3.8, 4) is 5.75 Å². The van der Waals surface area contributed by atoms with Crippen molar-refractivity contribution in [2.24, 2.45) is 0 Å². The average molecular weight is 475 g/mol. The zero-order valence-corrected chi connectivity index (χ0v) is 18.9. The quantitative estimate of drug-likeness (QED) is 0.386. The first-order valence-electron chi connectivity index (χ1n) is 9.90. The van der Waals surface area contributed by atoms with E-state index in [9.17, 15) is 18.3 Å². The van der Waals surface area contributed by atoms with Crippen LogP contribution in [-0.2, 0) is 16.4 Å². The summed E-state index contributed by atoms with van der Waals surface area (Å²) in [5.41, 5.74) is 1.55. The van der Waals surface area contributed by atoms with Crippen molar-refractivity contribution in [1.29, 1.82) is 0 Å². The van der Waals surface area contributed by atoms with Gasteiger partial charge in [-0.1, -0.05) is 23.7 Å². The summed E-state index contributed by atoms with van der Waals surface area (Å²) in [6.45, 7) is 2.80. The Hall–Kier alpha value is -3.23. The number of hydrogen-bond donors (Lipinski definition) is 3. The summed E-state index contributed by atoms with van der Waals surface area (Å²) in [6, 6.07) is 17.8. The second kappa shape index (κ2) is 10.4. The lowest BCUT2D eigenvalue weighted by atomic mass is 10.1. The minimum Gasteiger partial charge on any atom is -0.494 e. The van der Waals surface area contributed by atoms with Gasteiger partial charge in [0.2, 0.25) is 0 Å². The zero-order valence-electron chi connectivity index (χ0n) is 17.3. The molecule has 0 spiro atoms. The Balaban J connectivity index is 1.82. The topological polar surface area (TPSA) is 105 Å². The lowest BCUT2D eigenvalue weighted by molar-refractivity contribution is 0.0696. The fraction of sp³-hybridized carbons (Fsp3) is 0.174. The number of hydrogen-bond acceptors (Lipinski definition) is 5. The highest BCUT2D eigenvalue weighted by Crippen LogP contribution is 2.26. The van der Waals surface area contributed by atoms with Crippen LogP contribution in [0.3, 0.4) is 0 Å². The first kappa shape index (κ1) is 23.4. The molecular formula is C23H23ClN2O5S. The van der Waals surface area contributed by atoms with Gasteiger partial charge in [-0.15, -0.1) is 0 Å². The summed E-state index contributed by atoms with van der Waals surface area (Å²) < 4.78 is 34.0. The molecular weight excluding hydrogens is 452 g/mol. The van der Waals surface area contributed by atoms with E-state index >= 15 is 0 Å². The van der Waals surface area contributed by atoms with Gasteiger partial charge in [-0.25, -0.2) is 13.2 Å². The molecule has 0 aliphatic heterocycles. The Morgan fingerprint density at radius 3 is 2.34 bits per heavy atom. The molecule has 0 atom stereocenters. The predicted octanol–water partition coefficient (Wildman–Crippen LogP) is 4.89. The smallest absolute Gasteiger partial charge is 0.335 e. The number of carboxylic acids is 1. The van der Waals surface area contributed by atoms with E-state index in [-0.39, 0.29) is 10.5 Å². The summed E-state index contributed by atoms with van der Waals surface area (Å²) in [4.78, 5) is 11.3. The van der Waals surface area contributed by atoms with Crippen LogP contribution in [0.1, 0.15) is 22.8 Å². The monoisotopic (exact) mass is 474 g/mol. The minimum absolute atomic E-state index is 0.125. The molecule has 0 aliphatic carbocycles. The van der Waals surface area contributed by atoms with E-state index in [1.807, 2.05) is 19.1 Å². The first-order valence-corrected chi connectivity index (χ1v) is 11.8. The number of carbonyl (C=O) groups is 1. The molecule has 0 aliphatic rings. The van der Waals surface area contributed by atoms with Gasteiger partial charge in [-0.05, 0) is 73.5 Å². The number of rotatable bonds is 10. The minimum atomic E-state index is -4.06. The lowest BCUT2D eigenvalue weighted by Gasteiger charge is -2.15. The molecule has 0 heterocycles. The normalized spacial score (nSPS) is 11.1. The number of sulfonamides is 1. The van der Waals surface area contributed by atoms with Crippen molar-refractivity contribution in [2.75, 3.05) is 23.2 Å². The molecule has 3 aromatic rings. The number of benzene rings is 3. The van der Waals surface area contributed by atoms with E-state index in [0.717, 1.165) is 11.6 Å². The van der Waals surface area contributed by atoms with Gasteiger partial charge in [0.25, 0.3) is 10.0 Å². The first-order chi connectivity index (χ1) is 15.3. The number of nitrogens with one attached hydrogen (secondary N) is 2. The fourth-order valence-electron chi connectivity index (χ4n) is 3.01. The van der Waals surface area contributed by atoms with Crippen molar-refractivity contribution < 1.29 is 23.1 Å². The third-order valence-corrected chi connectivity index (χ3v) is 6.25. The van der Waals surface area contributed by atoms with Gasteiger partial charge in [0.05, 0.1) is 17.9 Å². The summed E-state index contributed by atoms with van der Waals surface area (Å²) >= 11 is 5.90. The summed E-state index contributed by atoms with van der Waals surface area (Å²) in [5.74, 6) is -0.594. The van der Waals surface area contributed by atoms with Crippen LogP contribution >= 0.6 is 11.6 Å². The molecule has 0 aromatic heterocycles. The average Bonchev–Trinajstić information content (AvgIpc) is 2.76. The molecule has 0 fully saturated rings. The van der Waals surface area contributed by atoms with Crippen LogP contribution in [0.15, 0.2) is 71.6 Å². The van der Waals surface area contributed by atoms with Crippen LogP contribution in [0, 0.1) is 0 Å². The van der Waals surface area contributed by atoms with Gasteiger partial charge in [0.15, 0.2) is 0 Å². The highest BCUT2D eigenvalue weighted by Gasteiger charge is 2.21. The number of carboxylic acid groups (broad SMARTS) is 1. The van der Waals surface area contributed by atoms with Crippen molar-refractivity contribution in [1.82, 2.24) is 0 Å². The van der Waals surface area contributed by atoms with Crippen LogP contribution in [0.4, 0.5) is 11.4 Å². The van der Waals surface area contributed by atoms with Gasteiger partial charge in [-0.2, -0.15) is 0 Å². The third-order valence-electron chi connectivity index (χ3n) is 4.58. The second-order valence-corrected chi connectivity index (χ2v) is 8.97. The van der Waals surface area contributed by atoms with E-state index < -0.39 is 16.0 Å². The van der Waals surface area contributed by atoms with Crippen LogP contribution in [-0.4, -0.2) is 32.6 Å². The summed E-state index contributed by atoms with van der Waals surface area (Å²) in [7, 11) is -4.06. The maximum absolute atomic E-state index is 13.1. The van der Waals surface area contributed by atoms with Gasteiger partial charge in [0, 0.05) is 17.3 Å². The van der Waals surface area contributed by atoms with Gasteiger partial charge >= 0.3 is 5.97 Å².